The lowest BCUT2D eigenvalue weighted by Crippen LogP contribution is -2.38. The SMILES string of the molecule is COc1ccc(C(N)CCC(=O)O)cc1OC1COC1. The van der Waals surface area contributed by atoms with Crippen LogP contribution >= 0.6 is 0 Å². The summed E-state index contributed by atoms with van der Waals surface area (Å²) in [6, 6.07) is 5.08. The summed E-state index contributed by atoms with van der Waals surface area (Å²) < 4.78 is 16.1. The number of hydrogen-bond acceptors (Lipinski definition) is 5. The average molecular weight is 281 g/mol. The predicted octanol–water partition coefficient (Wildman–Crippen LogP) is 1.34. The van der Waals surface area contributed by atoms with Gasteiger partial charge in [0.1, 0.15) is 6.10 Å². The van der Waals surface area contributed by atoms with Crippen LogP contribution in [0.4, 0.5) is 0 Å². The van der Waals surface area contributed by atoms with Crippen LogP contribution < -0.4 is 15.2 Å². The van der Waals surface area contributed by atoms with Gasteiger partial charge in [-0.2, -0.15) is 0 Å². The van der Waals surface area contributed by atoms with Crippen molar-refractivity contribution < 1.29 is 24.1 Å². The van der Waals surface area contributed by atoms with Crippen molar-refractivity contribution in [2.75, 3.05) is 20.3 Å². The minimum Gasteiger partial charge on any atom is -0.493 e. The molecule has 1 fully saturated rings. The van der Waals surface area contributed by atoms with Gasteiger partial charge >= 0.3 is 5.97 Å². The fraction of sp³-hybridized carbons (Fsp3) is 0.500. The van der Waals surface area contributed by atoms with E-state index in [2.05, 4.69) is 0 Å². The molecule has 6 heteroatoms. The molecular weight excluding hydrogens is 262 g/mol. The third-order valence-corrected chi connectivity index (χ3v) is 3.19. The number of aliphatic carboxylic acids is 1. The van der Waals surface area contributed by atoms with Crippen LogP contribution in [0.15, 0.2) is 18.2 Å². The summed E-state index contributed by atoms with van der Waals surface area (Å²) in [5.41, 5.74) is 6.83. The smallest absolute Gasteiger partial charge is 0.303 e. The Morgan fingerprint density at radius 3 is 2.80 bits per heavy atom. The van der Waals surface area contributed by atoms with Gasteiger partial charge in [-0.3, -0.25) is 4.79 Å². The molecule has 0 aliphatic carbocycles. The quantitative estimate of drug-likeness (QED) is 0.783. The second-order valence-corrected chi connectivity index (χ2v) is 4.73. The molecule has 6 nitrogen and oxygen atoms in total. The Bertz CT molecular complexity index is 473. The van der Waals surface area contributed by atoms with Gasteiger partial charge in [-0.1, -0.05) is 6.07 Å². The van der Waals surface area contributed by atoms with Crippen molar-refractivity contribution in [2.24, 2.45) is 5.73 Å². The van der Waals surface area contributed by atoms with E-state index in [-0.39, 0.29) is 18.6 Å². The second-order valence-electron chi connectivity index (χ2n) is 4.73. The van der Waals surface area contributed by atoms with Crippen LogP contribution in [0.2, 0.25) is 0 Å². The molecule has 110 valence electrons. The van der Waals surface area contributed by atoms with Crippen LogP contribution in [0.25, 0.3) is 0 Å². The van der Waals surface area contributed by atoms with Crippen molar-refractivity contribution in [3.63, 3.8) is 0 Å². The van der Waals surface area contributed by atoms with Gasteiger partial charge in [0.2, 0.25) is 0 Å². The standard InChI is InChI=1S/C14H19NO5/c1-18-12-4-2-9(11(15)3-5-14(16)17)6-13(12)20-10-7-19-8-10/h2,4,6,10-11H,3,5,7-8,15H2,1H3,(H,16,17). The zero-order valence-corrected chi connectivity index (χ0v) is 11.4. The summed E-state index contributed by atoms with van der Waals surface area (Å²) in [4.78, 5) is 10.6. The largest absolute Gasteiger partial charge is 0.493 e. The molecule has 0 bridgehead atoms. The molecule has 3 N–H and O–H groups in total. The van der Waals surface area contributed by atoms with Gasteiger partial charge in [-0.05, 0) is 24.1 Å². The highest BCUT2D eigenvalue weighted by Gasteiger charge is 2.22. The molecule has 0 aromatic heterocycles. The van der Waals surface area contributed by atoms with E-state index < -0.39 is 5.97 Å². The summed E-state index contributed by atoms with van der Waals surface area (Å²) in [5.74, 6) is 0.396. The van der Waals surface area contributed by atoms with Gasteiger partial charge in [0.25, 0.3) is 0 Å². The van der Waals surface area contributed by atoms with E-state index in [9.17, 15) is 4.79 Å². The number of hydrogen-bond donors (Lipinski definition) is 2. The van der Waals surface area contributed by atoms with E-state index in [0.29, 0.717) is 31.1 Å². The fourth-order valence-corrected chi connectivity index (χ4v) is 1.92. The summed E-state index contributed by atoms with van der Waals surface area (Å²) in [6.07, 6.45) is 0.461. The zero-order chi connectivity index (χ0) is 14.5. The first-order valence-electron chi connectivity index (χ1n) is 6.50. The first kappa shape index (κ1) is 14.6. The van der Waals surface area contributed by atoms with Crippen LogP contribution in [-0.2, 0) is 9.53 Å². The second kappa shape index (κ2) is 6.58. The summed E-state index contributed by atoms with van der Waals surface area (Å²) in [6.45, 7) is 1.14. The lowest BCUT2D eigenvalue weighted by Gasteiger charge is -2.27. The fourth-order valence-electron chi connectivity index (χ4n) is 1.92. The van der Waals surface area contributed by atoms with Crippen LogP contribution in [0.3, 0.4) is 0 Å². The maximum atomic E-state index is 10.6. The van der Waals surface area contributed by atoms with E-state index in [1.165, 1.54) is 0 Å². The maximum Gasteiger partial charge on any atom is 0.303 e. The number of carboxylic acids is 1. The van der Waals surface area contributed by atoms with Gasteiger partial charge in [-0.25, -0.2) is 0 Å². The molecule has 0 radical (unpaired) electrons. The van der Waals surface area contributed by atoms with Gasteiger partial charge in [0.15, 0.2) is 11.5 Å². The number of benzene rings is 1. The molecule has 1 aromatic carbocycles. The highest BCUT2D eigenvalue weighted by atomic mass is 16.6. The topological polar surface area (TPSA) is 91.0 Å². The lowest BCUT2D eigenvalue weighted by atomic mass is 10.0. The number of methoxy groups -OCH3 is 1. The molecular formula is C14H19NO5. The van der Waals surface area contributed by atoms with E-state index in [4.69, 9.17) is 25.1 Å². The van der Waals surface area contributed by atoms with Crippen molar-refractivity contribution >= 4 is 5.97 Å². The minimum atomic E-state index is -0.850. The van der Waals surface area contributed by atoms with Crippen molar-refractivity contribution in [2.45, 2.75) is 25.0 Å². The predicted molar refractivity (Wildman–Crippen MR) is 72.0 cm³/mol. The Balaban J connectivity index is 2.08. The van der Waals surface area contributed by atoms with E-state index >= 15 is 0 Å². The normalized spacial score (nSPS) is 16.3. The monoisotopic (exact) mass is 281 g/mol. The number of ether oxygens (including phenoxy) is 3. The van der Waals surface area contributed by atoms with Gasteiger partial charge in [0.05, 0.1) is 20.3 Å². The minimum absolute atomic E-state index is 0.0365. The maximum absolute atomic E-state index is 10.6. The van der Waals surface area contributed by atoms with Crippen LogP contribution in [-0.4, -0.2) is 37.5 Å². The highest BCUT2D eigenvalue weighted by molar-refractivity contribution is 5.66. The molecule has 1 unspecified atom stereocenters. The van der Waals surface area contributed by atoms with E-state index in [0.717, 1.165) is 5.56 Å². The molecule has 0 saturated carbocycles. The summed E-state index contributed by atoms with van der Waals surface area (Å²) >= 11 is 0. The Hall–Kier alpha value is -1.79. The molecule has 1 aliphatic rings. The number of rotatable bonds is 7. The first-order valence-corrected chi connectivity index (χ1v) is 6.50. The van der Waals surface area contributed by atoms with Crippen molar-refractivity contribution in [1.29, 1.82) is 0 Å². The molecule has 1 saturated heterocycles. The highest BCUT2D eigenvalue weighted by Crippen LogP contribution is 2.32. The average Bonchev–Trinajstić information content (AvgIpc) is 2.39. The lowest BCUT2D eigenvalue weighted by molar-refractivity contribution is -0.137. The third-order valence-electron chi connectivity index (χ3n) is 3.19. The van der Waals surface area contributed by atoms with Crippen molar-refractivity contribution in [1.82, 2.24) is 0 Å². The van der Waals surface area contributed by atoms with E-state index in [1.807, 2.05) is 12.1 Å². The third kappa shape index (κ3) is 3.61. The molecule has 1 aromatic rings. The van der Waals surface area contributed by atoms with Crippen LogP contribution in [0, 0.1) is 0 Å². The Morgan fingerprint density at radius 2 is 2.25 bits per heavy atom. The van der Waals surface area contributed by atoms with Crippen LogP contribution in [0.5, 0.6) is 11.5 Å². The van der Waals surface area contributed by atoms with Crippen molar-refractivity contribution in [3.05, 3.63) is 23.8 Å². The van der Waals surface area contributed by atoms with Crippen molar-refractivity contribution in [3.8, 4) is 11.5 Å². The Labute approximate surface area is 117 Å². The zero-order valence-electron chi connectivity index (χ0n) is 11.4. The molecule has 1 aliphatic heterocycles. The molecule has 2 rings (SSSR count). The molecule has 1 atom stereocenters. The summed E-state index contributed by atoms with van der Waals surface area (Å²) in [5, 5.41) is 8.69. The van der Waals surface area contributed by atoms with Crippen LogP contribution in [0.1, 0.15) is 24.4 Å². The number of carbonyl (C=O) groups is 1. The van der Waals surface area contributed by atoms with Gasteiger partial charge < -0.3 is 25.1 Å². The molecule has 0 spiro atoms. The molecule has 1 heterocycles. The number of carboxylic acid groups (broad SMARTS) is 1. The summed E-state index contributed by atoms with van der Waals surface area (Å²) in [7, 11) is 1.57. The van der Waals surface area contributed by atoms with Gasteiger partial charge in [-0.15, -0.1) is 0 Å². The Morgan fingerprint density at radius 1 is 1.50 bits per heavy atom. The molecule has 0 amide bonds. The van der Waals surface area contributed by atoms with E-state index in [1.54, 1.807) is 13.2 Å². The first-order chi connectivity index (χ1) is 9.60. The van der Waals surface area contributed by atoms with Gasteiger partial charge in [0, 0.05) is 12.5 Å². The molecule has 20 heavy (non-hydrogen) atoms. The Kier molecular flexibility index (Phi) is 4.81. The number of nitrogens with two attached hydrogens (primary N) is 1.